The van der Waals surface area contributed by atoms with E-state index < -0.39 is 83.4 Å². The number of aliphatic hydroxyl groups is 1. The summed E-state index contributed by atoms with van der Waals surface area (Å²) in [5.41, 5.74) is -1.03. The fourth-order valence-corrected chi connectivity index (χ4v) is 8.80. The normalized spacial score (nSPS) is 38.1. The largest absolute Gasteiger partial charge is 0.458 e. The number of carbonyl (C=O) groups excluding carboxylic acids is 4. The number of pyridine rings is 1. The zero-order chi connectivity index (χ0) is 40.4. The summed E-state index contributed by atoms with van der Waals surface area (Å²) in [7, 11) is 3.74. The summed E-state index contributed by atoms with van der Waals surface area (Å²) in [6.07, 6.45) is 1.11. The van der Waals surface area contributed by atoms with Gasteiger partial charge in [-0.1, -0.05) is 64.1 Å². The van der Waals surface area contributed by atoms with E-state index in [1.807, 2.05) is 68.4 Å². The highest BCUT2D eigenvalue weighted by Gasteiger charge is 2.57. The Kier molecular flexibility index (Phi) is 13.2. The quantitative estimate of drug-likeness (QED) is 0.270. The van der Waals surface area contributed by atoms with Crippen molar-refractivity contribution in [3.63, 3.8) is 0 Å². The average molecular weight is 766 g/mol. The van der Waals surface area contributed by atoms with Gasteiger partial charge in [-0.2, -0.15) is 0 Å². The fraction of sp³-hybridized carbons (Fsp3) is 0.643. The molecule has 0 bridgehead atoms. The number of likely N-dealkylation sites (N-methyl/N-ethyl adjacent to an activating group) is 1. The van der Waals surface area contributed by atoms with Crippen LogP contribution in [0.5, 0.6) is 0 Å². The molecule has 1 aromatic heterocycles. The number of ether oxygens (including phenoxy) is 5. The van der Waals surface area contributed by atoms with E-state index in [2.05, 4.69) is 10.3 Å². The maximum absolute atomic E-state index is 14.4. The fourth-order valence-electron chi connectivity index (χ4n) is 8.80. The maximum Gasteiger partial charge on any atom is 0.408 e. The molecule has 2 N–H and O–H groups in total. The molecule has 0 radical (unpaired) electrons. The van der Waals surface area contributed by atoms with Crippen LogP contribution in [0.4, 0.5) is 4.79 Å². The minimum Gasteiger partial charge on any atom is -0.458 e. The Morgan fingerprint density at radius 2 is 1.73 bits per heavy atom. The van der Waals surface area contributed by atoms with Gasteiger partial charge in [-0.3, -0.25) is 19.4 Å². The molecular formula is C42H59N3O10. The van der Waals surface area contributed by atoms with Gasteiger partial charge in [0.15, 0.2) is 17.7 Å². The number of esters is 1. The van der Waals surface area contributed by atoms with Gasteiger partial charge in [0, 0.05) is 40.9 Å². The lowest BCUT2D eigenvalue weighted by Crippen LogP contribution is -2.60. The third-order valence-electron chi connectivity index (χ3n) is 11.9. The molecule has 0 spiro atoms. The van der Waals surface area contributed by atoms with Crippen molar-refractivity contribution in [3.05, 3.63) is 48.2 Å². The standard InChI is InChI=1S/C42H59N3O10/c1-11-31-42(8)36(44-40(50)55-42)25(4)33(46)23(2)22-41(7,51-20-14-18-29-16-12-15-28-17-13-19-43-32(28)29)37(26(5)34(47)27(6)38(49)53-31)54-39-35(48)30(45(9)10)21-24(3)52-39/h12-19,23-27,30-31,35-37,39,48H,11,20-22H2,1-10H3,(H,44,50)/b18-14+/t23-,24-,25-,26+,27-,30+,31+,35-,36-,37-,39+,41+,42-/m1/s1. The van der Waals surface area contributed by atoms with Crippen molar-refractivity contribution in [2.45, 2.75) is 129 Å². The molecule has 13 nitrogen and oxygen atoms in total. The molecule has 0 saturated carbocycles. The molecule has 3 saturated heterocycles. The second kappa shape index (κ2) is 17.2. The highest BCUT2D eigenvalue weighted by atomic mass is 16.7. The van der Waals surface area contributed by atoms with Crippen molar-refractivity contribution >= 4 is 40.6 Å². The Morgan fingerprint density at radius 3 is 2.42 bits per heavy atom. The second-order valence-corrected chi connectivity index (χ2v) is 16.3. The maximum atomic E-state index is 14.4. The van der Waals surface area contributed by atoms with Gasteiger partial charge in [0.2, 0.25) is 0 Å². The Labute approximate surface area is 324 Å². The number of Topliss-reactive ketones (excluding diaryl/α,β-unsaturated/α-hetero) is 2. The zero-order valence-electron chi connectivity index (χ0n) is 33.8. The number of fused-ring (bicyclic) bond motifs is 2. The molecule has 302 valence electrons. The molecule has 3 fully saturated rings. The Morgan fingerprint density at radius 1 is 1.02 bits per heavy atom. The van der Waals surface area contributed by atoms with Gasteiger partial charge in [-0.05, 0) is 67.1 Å². The number of aromatic nitrogens is 1. The van der Waals surface area contributed by atoms with Crippen LogP contribution in [0.1, 0.15) is 80.2 Å². The van der Waals surface area contributed by atoms with E-state index in [0.29, 0.717) is 6.42 Å². The minimum absolute atomic E-state index is 0.0577. The highest BCUT2D eigenvalue weighted by Crippen LogP contribution is 2.40. The van der Waals surface area contributed by atoms with Gasteiger partial charge in [0.1, 0.15) is 23.9 Å². The van der Waals surface area contributed by atoms with Gasteiger partial charge in [0.25, 0.3) is 0 Å². The third kappa shape index (κ3) is 8.81. The number of nitrogens with zero attached hydrogens (tertiary/aromatic N) is 2. The number of benzene rings is 1. The topological polar surface area (TPSA) is 163 Å². The van der Waals surface area contributed by atoms with E-state index in [-0.39, 0.29) is 37.4 Å². The number of amides is 1. The summed E-state index contributed by atoms with van der Waals surface area (Å²) in [4.78, 5) is 61.9. The van der Waals surface area contributed by atoms with Crippen LogP contribution in [0.25, 0.3) is 17.0 Å². The van der Waals surface area contributed by atoms with Gasteiger partial charge in [-0.25, -0.2) is 4.79 Å². The summed E-state index contributed by atoms with van der Waals surface area (Å²) in [6.45, 7) is 13.9. The number of alkyl carbamates (subject to hydrolysis) is 1. The van der Waals surface area contributed by atoms with Crippen molar-refractivity contribution in [1.82, 2.24) is 15.2 Å². The lowest BCUT2D eigenvalue weighted by atomic mass is 9.73. The lowest BCUT2D eigenvalue weighted by molar-refractivity contribution is -0.296. The number of nitrogens with one attached hydrogen (secondary N) is 1. The van der Waals surface area contributed by atoms with Crippen molar-refractivity contribution in [2.24, 2.45) is 23.7 Å². The van der Waals surface area contributed by atoms with E-state index in [9.17, 15) is 24.3 Å². The van der Waals surface area contributed by atoms with Crippen molar-refractivity contribution in [1.29, 1.82) is 0 Å². The van der Waals surface area contributed by atoms with Crippen LogP contribution in [0, 0.1) is 23.7 Å². The van der Waals surface area contributed by atoms with E-state index in [1.165, 1.54) is 6.92 Å². The van der Waals surface area contributed by atoms with Crippen LogP contribution in [-0.4, -0.2) is 113 Å². The summed E-state index contributed by atoms with van der Waals surface area (Å²) >= 11 is 0. The van der Waals surface area contributed by atoms with E-state index in [4.69, 9.17) is 23.7 Å². The molecule has 4 heterocycles. The SMILES string of the molecule is CC[C@@H]1OC(=O)[C@H](C)C(=O)[C@H](C)[C@@H](O[C@@H]2O[C@H](C)C[C@H](N(C)C)[C@H]2O)[C@@](C)(OC/C=C/c2cccc3cccnc23)C[C@@H](C)C(=O)[C@@H](C)[C@H]2NC(=O)O[C@]12C. The minimum atomic E-state index is -1.38. The summed E-state index contributed by atoms with van der Waals surface area (Å²) < 4.78 is 31.4. The first-order valence-corrected chi connectivity index (χ1v) is 19.5. The molecular weight excluding hydrogens is 706 g/mol. The highest BCUT2D eigenvalue weighted by molar-refractivity contribution is 6.00. The number of aliphatic hydroxyl groups excluding tert-OH is 1. The number of rotatable bonds is 8. The molecule has 55 heavy (non-hydrogen) atoms. The third-order valence-corrected chi connectivity index (χ3v) is 11.9. The van der Waals surface area contributed by atoms with Crippen LogP contribution in [0.3, 0.4) is 0 Å². The first-order valence-electron chi connectivity index (χ1n) is 19.5. The van der Waals surface area contributed by atoms with Crippen LogP contribution >= 0.6 is 0 Å². The predicted molar refractivity (Wildman–Crippen MR) is 206 cm³/mol. The molecule has 13 heteroatoms. The van der Waals surface area contributed by atoms with E-state index >= 15 is 0 Å². The number of ketones is 2. The molecule has 0 aliphatic carbocycles. The first kappa shape index (κ1) is 42.4. The Bertz CT molecular complexity index is 1750. The summed E-state index contributed by atoms with van der Waals surface area (Å²) in [5.74, 6) is -5.13. The average Bonchev–Trinajstić information content (AvgIpc) is 3.47. The molecule has 3 aliphatic rings. The number of para-hydroxylation sites is 1. The van der Waals surface area contributed by atoms with Crippen molar-refractivity contribution in [3.8, 4) is 0 Å². The Balaban J connectivity index is 1.57. The summed E-state index contributed by atoms with van der Waals surface area (Å²) in [6, 6.07) is 8.63. The summed E-state index contributed by atoms with van der Waals surface area (Å²) in [5, 5.41) is 15.4. The first-order chi connectivity index (χ1) is 25.9. The predicted octanol–water partition coefficient (Wildman–Crippen LogP) is 5.11. The van der Waals surface area contributed by atoms with Crippen LogP contribution < -0.4 is 5.32 Å². The molecule has 5 rings (SSSR count). The van der Waals surface area contributed by atoms with Gasteiger partial charge in [0.05, 0.1) is 36.0 Å². The Hall–Kier alpha value is -3.75. The number of cyclic esters (lactones) is 1. The molecule has 3 aliphatic heterocycles. The van der Waals surface area contributed by atoms with Crippen molar-refractivity contribution < 1.29 is 48.0 Å². The molecule has 0 unspecified atom stereocenters. The monoisotopic (exact) mass is 765 g/mol. The van der Waals surface area contributed by atoms with Crippen LogP contribution in [0.15, 0.2) is 42.6 Å². The lowest BCUT2D eigenvalue weighted by Gasteiger charge is -2.47. The van der Waals surface area contributed by atoms with Crippen LogP contribution in [0.2, 0.25) is 0 Å². The van der Waals surface area contributed by atoms with Gasteiger partial charge < -0.3 is 39.0 Å². The molecule has 13 atom stereocenters. The van der Waals surface area contributed by atoms with Gasteiger partial charge >= 0.3 is 12.1 Å². The molecule has 1 aromatic carbocycles. The molecule has 2 aromatic rings. The van der Waals surface area contributed by atoms with Crippen LogP contribution in [-0.2, 0) is 38.1 Å². The van der Waals surface area contributed by atoms with E-state index in [1.54, 1.807) is 47.7 Å². The van der Waals surface area contributed by atoms with Crippen molar-refractivity contribution in [2.75, 3.05) is 20.7 Å². The second-order valence-electron chi connectivity index (χ2n) is 16.3. The van der Waals surface area contributed by atoms with E-state index in [0.717, 1.165) is 16.5 Å². The number of hydrogen-bond acceptors (Lipinski definition) is 12. The number of carbonyl (C=O) groups is 4. The zero-order valence-corrected chi connectivity index (χ0v) is 33.8. The molecule has 1 amide bonds. The smallest absolute Gasteiger partial charge is 0.408 e. The van der Waals surface area contributed by atoms with Gasteiger partial charge in [-0.15, -0.1) is 0 Å². The number of hydrogen-bond donors (Lipinski definition) is 2.